The minimum Gasteiger partial charge on any atom is -0.363 e. The third-order valence-corrected chi connectivity index (χ3v) is 8.02. The first-order chi connectivity index (χ1) is 17.1. The van der Waals surface area contributed by atoms with Crippen LogP contribution in [-0.4, -0.2) is 53.8 Å². The van der Waals surface area contributed by atoms with Crippen LogP contribution >= 0.6 is 0 Å². The summed E-state index contributed by atoms with van der Waals surface area (Å²) in [5, 5.41) is 4.94. The lowest BCUT2D eigenvalue weighted by Gasteiger charge is -2.40. The van der Waals surface area contributed by atoms with E-state index in [1.807, 2.05) is 29.6 Å². The lowest BCUT2D eigenvalue weighted by molar-refractivity contribution is 0.226. The first-order valence-electron chi connectivity index (χ1n) is 12.8. The summed E-state index contributed by atoms with van der Waals surface area (Å²) in [5.41, 5.74) is 6.17. The molecule has 2 aromatic heterocycles. The predicted molar refractivity (Wildman–Crippen MR) is 146 cm³/mol. The van der Waals surface area contributed by atoms with Gasteiger partial charge in [0.1, 0.15) is 5.82 Å². The van der Waals surface area contributed by atoms with Crippen LogP contribution in [0.25, 0.3) is 11.3 Å². The molecule has 0 bridgehead atoms. The number of piperidine rings is 1. The van der Waals surface area contributed by atoms with Gasteiger partial charge in [-0.1, -0.05) is 25.1 Å². The summed E-state index contributed by atoms with van der Waals surface area (Å²) in [6.45, 7) is 13.8. The zero-order chi connectivity index (χ0) is 25.6. The smallest absolute Gasteiger partial charge is 0.229 e. The molecule has 0 amide bonds. The van der Waals surface area contributed by atoms with Crippen LogP contribution in [0.4, 0.5) is 11.5 Å². The van der Waals surface area contributed by atoms with Crippen LogP contribution in [0.5, 0.6) is 0 Å². The fourth-order valence-electron chi connectivity index (χ4n) is 5.41. The molecule has 192 valence electrons. The van der Waals surface area contributed by atoms with Crippen molar-refractivity contribution in [3.63, 3.8) is 0 Å². The summed E-state index contributed by atoms with van der Waals surface area (Å²) < 4.78 is 28.6. The van der Waals surface area contributed by atoms with Crippen molar-refractivity contribution in [3.05, 3.63) is 59.4 Å². The van der Waals surface area contributed by atoms with Crippen molar-refractivity contribution in [2.75, 3.05) is 35.5 Å². The van der Waals surface area contributed by atoms with Gasteiger partial charge in [0.15, 0.2) is 5.65 Å². The van der Waals surface area contributed by atoms with E-state index in [0.717, 1.165) is 84.4 Å². The molecule has 1 N–H and O–H groups in total. The Morgan fingerprint density at radius 3 is 2.69 bits per heavy atom. The molecule has 3 aromatic rings. The Kier molecular flexibility index (Phi) is 6.44. The van der Waals surface area contributed by atoms with E-state index in [1.165, 1.54) is 12.7 Å². The number of nitrogens with zero attached hydrogens (tertiary/aromatic N) is 5. The van der Waals surface area contributed by atoms with E-state index in [9.17, 15) is 8.42 Å². The number of rotatable bonds is 7. The molecule has 8 nitrogen and oxygen atoms in total. The van der Waals surface area contributed by atoms with Crippen LogP contribution in [0.1, 0.15) is 61.0 Å². The van der Waals surface area contributed by atoms with Gasteiger partial charge in [-0.05, 0) is 57.6 Å². The third-order valence-electron chi connectivity index (χ3n) is 7.43. The average Bonchev–Trinajstić information content (AvgIpc) is 3.21. The Hall–Kier alpha value is -3.07. The van der Waals surface area contributed by atoms with Crippen molar-refractivity contribution >= 4 is 32.9 Å². The van der Waals surface area contributed by atoms with E-state index in [1.54, 1.807) is 0 Å². The van der Waals surface area contributed by atoms with Crippen LogP contribution in [0.3, 0.4) is 0 Å². The van der Waals surface area contributed by atoms with Gasteiger partial charge in [-0.3, -0.25) is 4.72 Å². The number of likely N-dealkylation sites (tertiary alicyclic amines) is 1. The number of hydrogen-bond acceptors (Lipinski definition) is 6. The molecule has 0 aliphatic carbocycles. The molecule has 1 atom stereocenters. The van der Waals surface area contributed by atoms with Gasteiger partial charge >= 0.3 is 0 Å². The van der Waals surface area contributed by atoms with Crippen molar-refractivity contribution in [2.45, 2.75) is 52.5 Å². The number of benzene rings is 1. The number of sulfonamides is 1. The van der Waals surface area contributed by atoms with Gasteiger partial charge in [-0.15, -0.1) is 0 Å². The predicted octanol–water partition coefficient (Wildman–Crippen LogP) is 4.76. The number of anilines is 2. The maximum Gasteiger partial charge on any atom is 0.229 e. The van der Waals surface area contributed by atoms with Crippen molar-refractivity contribution < 1.29 is 8.42 Å². The van der Waals surface area contributed by atoms with Gasteiger partial charge < -0.3 is 9.80 Å². The van der Waals surface area contributed by atoms with Crippen molar-refractivity contribution in [1.82, 2.24) is 19.5 Å². The minimum atomic E-state index is -3.42. The summed E-state index contributed by atoms with van der Waals surface area (Å²) in [6.07, 6.45) is 7.58. The largest absolute Gasteiger partial charge is 0.363 e. The second-order valence-electron chi connectivity index (χ2n) is 10.4. The number of fused-ring (bicyclic) bond motifs is 1. The lowest BCUT2D eigenvalue weighted by atomic mass is 9.96. The molecule has 9 heteroatoms. The molecule has 2 saturated heterocycles. The maximum absolute atomic E-state index is 12.0. The number of aryl methyl sites for hydroxylation is 2. The standard InChI is InChI=1S/C27H36N6O2S/c1-6-21-16-31(17-21)27-19(3)15-33-26(28-27)14-24(29-33)25-9-7-8-12-32(25)20(4)22-13-18(2)10-11-23(22)30-36(5,34)35/h10-11,13-15,21,25,30H,4,6-9,12,16-17H2,1-3,5H3/t25-/m0/s1. The van der Waals surface area contributed by atoms with Gasteiger partial charge in [0.2, 0.25) is 10.0 Å². The first kappa shape index (κ1) is 24.6. The van der Waals surface area contributed by atoms with Gasteiger partial charge in [-0.2, -0.15) is 5.10 Å². The quantitative estimate of drug-likeness (QED) is 0.495. The van der Waals surface area contributed by atoms with Crippen LogP contribution in [0.15, 0.2) is 37.0 Å². The SMILES string of the molecule is C=C(c1cc(C)ccc1NS(C)(=O)=O)N1CCCC[C@H]1c1cc2nc(N3CC(CC)C3)c(C)cn2n1. The Labute approximate surface area is 214 Å². The second kappa shape index (κ2) is 9.42. The summed E-state index contributed by atoms with van der Waals surface area (Å²) in [7, 11) is -3.42. The molecule has 2 fully saturated rings. The Morgan fingerprint density at radius 2 is 1.97 bits per heavy atom. The average molecular weight is 509 g/mol. The molecular weight excluding hydrogens is 472 g/mol. The molecule has 5 rings (SSSR count). The van der Waals surface area contributed by atoms with Gasteiger partial charge in [0, 0.05) is 48.7 Å². The van der Waals surface area contributed by atoms with Crippen LogP contribution in [0, 0.1) is 19.8 Å². The maximum atomic E-state index is 12.0. The van der Waals surface area contributed by atoms with E-state index in [0.29, 0.717) is 5.69 Å². The molecular formula is C27H36N6O2S. The highest BCUT2D eigenvalue weighted by Crippen LogP contribution is 2.39. The molecule has 4 heterocycles. The summed E-state index contributed by atoms with van der Waals surface area (Å²) in [6, 6.07) is 7.87. The summed E-state index contributed by atoms with van der Waals surface area (Å²) in [4.78, 5) is 9.62. The highest BCUT2D eigenvalue weighted by atomic mass is 32.2. The number of aromatic nitrogens is 3. The first-order valence-corrected chi connectivity index (χ1v) is 14.7. The molecule has 2 aliphatic heterocycles. The van der Waals surface area contributed by atoms with Crippen molar-refractivity contribution in [1.29, 1.82) is 0 Å². The second-order valence-corrected chi connectivity index (χ2v) is 12.1. The normalized spacial score (nSPS) is 18.9. The van der Waals surface area contributed by atoms with E-state index < -0.39 is 10.0 Å². The van der Waals surface area contributed by atoms with Gasteiger partial charge in [0.05, 0.1) is 23.7 Å². The van der Waals surface area contributed by atoms with Crippen LogP contribution in [-0.2, 0) is 10.0 Å². The number of nitrogens with one attached hydrogen (secondary N) is 1. The van der Waals surface area contributed by atoms with E-state index in [2.05, 4.69) is 47.2 Å². The lowest BCUT2D eigenvalue weighted by Crippen LogP contribution is -2.47. The fraction of sp³-hybridized carbons (Fsp3) is 0.481. The van der Waals surface area contributed by atoms with Crippen molar-refractivity contribution in [2.24, 2.45) is 5.92 Å². The molecule has 0 spiro atoms. The third kappa shape index (κ3) is 4.81. The summed E-state index contributed by atoms with van der Waals surface area (Å²) >= 11 is 0. The van der Waals surface area contributed by atoms with Crippen LogP contribution < -0.4 is 9.62 Å². The van der Waals surface area contributed by atoms with Gasteiger partial charge in [0.25, 0.3) is 0 Å². The van der Waals surface area contributed by atoms with Gasteiger partial charge in [-0.25, -0.2) is 17.9 Å². The van der Waals surface area contributed by atoms with E-state index >= 15 is 0 Å². The van der Waals surface area contributed by atoms with Crippen LogP contribution in [0.2, 0.25) is 0 Å². The van der Waals surface area contributed by atoms with Crippen molar-refractivity contribution in [3.8, 4) is 0 Å². The molecule has 36 heavy (non-hydrogen) atoms. The molecule has 0 unspecified atom stereocenters. The highest BCUT2D eigenvalue weighted by molar-refractivity contribution is 7.92. The zero-order valence-electron chi connectivity index (χ0n) is 21.7. The molecule has 0 saturated carbocycles. The zero-order valence-corrected chi connectivity index (χ0v) is 22.5. The Morgan fingerprint density at radius 1 is 1.19 bits per heavy atom. The highest BCUT2D eigenvalue weighted by Gasteiger charge is 2.30. The number of hydrogen-bond donors (Lipinski definition) is 1. The van der Waals surface area contributed by atoms with E-state index in [-0.39, 0.29) is 6.04 Å². The van der Waals surface area contributed by atoms with E-state index in [4.69, 9.17) is 10.1 Å². The Balaban J connectivity index is 1.47. The molecule has 2 aliphatic rings. The fourth-order valence-corrected chi connectivity index (χ4v) is 5.98. The summed E-state index contributed by atoms with van der Waals surface area (Å²) in [5.74, 6) is 1.81. The minimum absolute atomic E-state index is 0.0526. The monoisotopic (exact) mass is 508 g/mol. The Bertz CT molecular complexity index is 1410. The molecule has 1 aromatic carbocycles. The topological polar surface area (TPSA) is 82.8 Å². The molecule has 0 radical (unpaired) electrons.